The number of carbonyl (C=O) groups is 1. The van der Waals surface area contributed by atoms with Gasteiger partial charge in [0, 0.05) is 5.56 Å². The lowest BCUT2D eigenvalue weighted by Gasteiger charge is -2.32. The van der Waals surface area contributed by atoms with E-state index in [1.54, 1.807) is 12.1 Å². The maximum Gasteiger partial charge on any atom is 0.494 e. The highest BCUT2D eigenvalue weighted by molar-refractivity contribution is 6.62. The summed E-state index contributed by atoms with van der Waals surface area (Å²) in [5.74, 6) is -0.284. The summed E-state index contributed by atoms with van der Waals surface area (Å²) in [5, 5.41) is 0. The fourth-order valence-corrected chi connectivity index (χ4v) is 1.92. The fraction of sp³-hybridized carbons (Fsp3) is 0.500. The molecule has 1 aromatic rings. The first-order valence-corrected chi connectivity index (χ1v) is 6.56. The molecule has 1 heterocycles. The van der Waals surface area contributed by atoms with Gasteiger partial charge >= 0.3 is 7.12 Å². The molecule has 5 nitrogen and oxygen atoms in total. The third-order valence-electron chi connectivity index (χ3n) is 3.89. The molecule has 108 valence electrons. The molecule has 1 amide bonds. The van der Waals surface area contributed by atoms with Gasteiger partial charge in [-0.15, -0.1) is 0 Å². The van der Waals surface area contributed by atoms with Crippen LogP contribution in [-0.4, -0.2) is 31.3 Å². The molecule has 1 aliphatic rings. The smallest absolute Gasteiger partial charge is 0.399 e. The monoisotopic (exact) mass is 277 g/mol. The minimum atomic E-state index is -0.417. The first-order valence-electron chi connectivity index (χ1n) is 6.56. The molecular formula is C14H20BNO4. The molecule has 1 saturated heterocycles. The Bertz CT molecular complexity index is 482. The van der Waals surface area contributed by atoms with Crippen molar-refractivity contribution in [3.63, 3.8) is 0 Å². The van der Waals surface area contributed by atoms with Crippen molar-refractivity contribution in [2.75, 3.05) is 7.11 Å². The van der Waals surface area contributed by atoms with E-state index >= 15 is 0 Å². The third kappa shape index (κ3) is 2.72. The number of hydrogen-bond acceptors (Lipinski definition) is 4. The quantitative estimate of drug-likeness (QED) is 0.668. The van der Waals surface area contributed by atoms with Gasteiger partial charge in [-0.1, -0.05) is 12.1 Å². The summed E-state index contributed by atoms with van der Waals surface area (Å²) in [6.07, 6.45) is 0. The lowest BCUT2D eigenvalue weighted by Crippen LogP contribution is -2.41. The molecule has 0 bridgehead atoms. The van der Waals surface area contributed by atoms with Crippen molar-refractivity contribution >= 4 is 18.5 Å². The van der Waals surface area contributed by atoms with Crippen LogP contribution in [0.15, 0.2) is 24.3 Å². The van der Waals surface area contributed by atoms with E-state index in [9.17, 15) is 4.79 Å². The van der Waals surface area contributed by atoms with Gasteiger partial charge < -0.3 is 9.31 Å². The normalized spacial score (nSPS) is 19.9. The first-order chi connectivity index (χ1) is 9.27. The number of benzene rings is 1. The van der Waals surface area contributed by atoms with Crippen LogP contribution in [0.4, 0.5) is 0 Å². The Balaban J connectivity index is 2.14. The molecule has 6 heteroatoms. The average Bonchev–Trinajstić information content (AvgIpc) is 2.59. The van der Waals surface area contributed by atoms with E-state index in [1.165, 1.54) is 7.11 Å². The van der Waals surface area contributed by atoms with Gasteiger partial charge in [0.25, 0.3) is 5.91 Å². The summed E-state index contributed by atoms with van der Waals surface area (Å²) in [5.41, 5.74) is 2.94. The summed E-state index contributed by atoms with van der Waals surface area (Å²) in [6.45, 7) is 8.03. The lowest BCUT2D eigenvalue weighted by molar-refractivity contribution is 0.00578. The summed E-state index contributed by atoms with van der Waals surface area (Å²) in [7, 11) is 0.982. The van der Waals surface area contributed by atoms with Gasteiger partial charge in [-0.05, 0) is 45.3 Å². The molecule has 0 atom stereocenters. The fourth-order valence-electron chi connectivity index (χ4n) is 1.92. The van der Waals surface area contributed by atoms with Crippen LogP contribution in [0.2, 0.25) is 0 Å². The maximum atomic E-state index is 11.6. The SMILES string of the molecule is CONC(=O)c1ccc(B2OC(C)(C)C(C)(C)O2)cc1. The number of nitrogens with one attached hydrogen (secondary N) is 1. The zero-order valence-corrected chi connectivity index (χ0v) is 12.5. The van der Waals surface area contributed by atoms with Crippen molar-refractivity contribution in [2.45, 2.75) is 38.9 Å². The number of hydroxylamine groups is 1. The van der Waals surface area contributed by atoms with Gasteiger partial charge in [0.15, 0.2) is 0 Å². The zero-order chi connectivity index (χ0) is 15.0. The van der Waals surface area contributed by atoms with Crippen molar-refractivity contribution in [3.8, 4) is 0 Å². The van der Waals surface area contributed by atoms with Crippen LogP contribution in [-0.2, 0) is 14.1 Å². The van der Waals surface area contributed by atoms with E-state index in [2.05, 4.69) is 10.3 Å². The van der Waals surface area contributed by atoms with Gasteiger partial charge in [0.05, 0.1) is 18.3 Å². The number of hydrogen-bond donors (Lipinski definition) is 1. The van der Waals surface area contributed by atoms with Gasteiger partial charge in [0.1, 0.15) is 0 Å². The predicted molar refractivity (Wildman–Crippen MR) is 76.6 cm³/mol. The third-order valence-corrected chi connectivity index (χ3v) is 3.89. The Labute approximate surface area is 119 Å². The van der Waals surface area contributed by atoms with E-state index in [1.807, 2.05) is 39.8 Å². The Hall–Kier alpha value is -1.37. The number of carbonyl (C=O) groups excluding carboxylic acids is 1. The average molecular weight is 277 g/mol. The Morgan fingerprint density at radius 3 is 2.05 bits per heavy atom. The summed E-state index contributed by atoms with van der Waals surface area (Å²) < 4.78 is 11.9. The molecule has 0 spiro atoms. The van der Waals surface area contributed by atoms with Crippen LogP contribution in [0.1, 0.15) is 38.1 Å². The molecule has 1 aromatic carbocycles. The number of rotatable bonds is 3. The van der Waals surface area contributed by atoms with E-state index in [-0.39, 0.29) is 17.1 Å². The second-order valence-electron chi connectivity index (χ2n) is 5.85. The van der Waals surface area contributed by atoms with Crippen molar-refractivity contribution in [1.82, 2.24) is 5.48 Å². The van der Waals surface area contributed by atoms with Crippen LogP contribution in [0.25, 0.3) is 0 Å². The Morgan fingerprint density at radius 2 is 1.60 bits per heavy atom. The van der Waals surface area contributed by atoms with Crippen molar-refractivity contribution in [1.29, 1.82) is 0 Å². The lowest BCUT2D eigenvalue weighted by atomic mass is 9.79. The summed E-state index contributed by atoms with van der Waals surface area (Å²) in [6, 6.07) is 7.09. The van der Waals surface area contributed by atoms with Crippen LogP contribution in [0.3, 0.4) is 0 Å². The highest BCUT2D eigenvalue weighted by Crippen LogP contribution is 2.36. The van der Waals surface area contributed by atoms with Gasteiger partial charge in [-0.2, -0.15) is 0 Å². The van der Waals surface area contributed by atoms with Crippen LogP contribution in [0, 0.1) is 0 Å². The van der Waals surface area contributed by atoms with E-state index in [4.69, 9.17) is 9.31 Å². The topological polar surface area (TPSA) is 56.8 Å². The van der Waals surface area contributed by atoms with E-state index in [0.29, 0.717) is 5.56 Å². The second-order valence-corrected chi connectivity index (χ2v) is 5.85. The molecule has 2 rings (SSSR count). The highest BCUT2D eigenvalue weighted by atomic mass is 16.7. The maximum absolute atomic E-state index is 11.6. The highest BCUT2D eigenvalue weighted by Gasteiger charge is 2.51. The Kier molecular flexibility index (Phi) is 3.91. The molecule has 20 heavy (non-hydrogen) atoms. The predicted octanol–water partition coefficient (Wildman–Crippen LogP) is 1.28. The summed E-state index contributed by atoms with van der Waals surface area (Å²) >= 11 is 0. The van der Waals surface area contributed by atoms with Crippen LogP contribution in [0.5, 0.6) is 0 Å². The molecule has 1 fully saturated rings. The van der Waals surface area contributed by atoms with Gasteiger partial charge in [-0.3, -0.25) is 9.63 Å². The molecule has 0 aromatic heterocycles. The first kappa shape index (κ1) is 15.0. The van der Waals surface area contributed by atoms with Crippen molar-refractivity contribution in [2.24, 2.45) is 0 Å². The molecule has 1 N–H and O–H groups in total. The Morgan fingerprint density at radius 1 is 1.10 bits per heavy atom. The van der Waals surface area contributed by atoms with Crippen molar-refractivity contribution < 1.29 is 18.9 Å². The molecule has 1 aliphatic heterocycles. The van der Waals surface area contributed by atoms with Crippen LogP contribution < -0.4 is 10.9 Å². The molecule has 0 saturated carbocycles. The summed E-state index contributed by atoms with van der Waals surface area (Å²) in [4.78, 5) is 16.2. The molecule has 0 radical (unpaired) electrons. The zero-order valence-electron chi connectivity index (χ0n) is 12.5. The largest absolute Gasteiger partial charge is 0.494 e. The second kappa shape index (κ2) is 5.20. The standard InChI is InChI=1S/C14H20BNO4/c1-13(2)14(3,4)20-15(19-13)11-8-6-10(7-9-11)12(17)16-18-5/h6-9H,1-5H3,(H,16,17). The van der Waals surface area contributed by atoms with Crippen LogP contribution >= 0.6 is 0 Å². The number of amides is 1. The van der Waals surface area contributed by atoms with E-state index in [0.717, 1.165) is 5.46 Å². The minimum absolute atomic E-state index is 0.284. The molecule has 0 unspecified atom stereocenters. The molecule has 0 aliphatic carbocycles. The minimum Gasteiger partial charge on any atom is -0.399 e. The van der Waals surface area contributed by atoms with Gasteiger partial charge in [0.2, 0.25) is 0 Å². The van der Waals surface area contributed by atoms with Gasteiger partial charge in [-0.25, -0.2) is 5.48 Å². The molecular weight excluding hydrogens is 257 g/mol. The van der Waals surface area contributed by atoms with E-state index < -0.39 is 7.12 Å². The van der Waals surface area contributed by atoms with Crippen molar-refractivity contribution in [3.05, 3.63) is 29.8 Å².